The number of amides is 2. The van der Waals surface area contributed by atoms with Crippen LogP contribution in [-0.2, 0) is 16.6 Å². The fraction of sp³-hybridized carbons (Fsp3) is 0.278. The fourth-order valence-corrected chi connectivity index (χ4v) is 2.88. The smallest absolute Gasteiger partial charge is 0.317 e. The van der Waals surface area contributed by atoms with Gasteiger partial charge >= 0.3 is 6.03 Å². The summed E-state index contributed by atoms with van der Waals surface area (Å²) in [6, 6.07) is 12.1. The summed E-state index contributed by atoms with van der Waals surface area (Å²) in [5.74, 6) is -0.358. The van der Waals surface area contributed by atoms with Crippen molar-refractivity contribution in [1.82, 2.24) is 10.2 Å². The molecule has 2 rings (SSSR count). The molecule has 0 radical (unpaired) electrons. The Balaban J connectivity index is 1.84. The van der Waals surface area contributed by atoms with Gasteiger partial charge in [0.1, 0.15) is 5.82 Å². The molecule has 0 aliphatic carbocycles. The Morgan fingerprint density at radius 3 is 2.30 bits per heavy atom. The van der Waals surface area contributed by atoms with Crippen LogP contribution in [0.25, 0.3) is 0 Å². The van der Waals surface area contributed by atoms with Crippen LogP contribution in [0.1, 0.15) is 5.56 Å². The van der Waals surface area contributed by atoms with Gasteiger partial charge in [0.05, 0.1) is 4.90 Å². The topological polar surface area (TPSA) is 95.7 Å². The first-order valence-corrected chi connectivity index (χ1v) is 9.79. The monoisotopic (exact) mass is 394 g/mol. The van der Waals surface area contributed by atoms with Crippen molar-refractivity contribution in [2.24, 2.45) is 5.14 Å². The second-order valence-corrected chi connectivity index (χ2v) is 7.69. The quantitative estimate of drug-likeness (QED) is 0.748. The van der Waals surface area contributed by atoms with Crippen molar-refractivity contribution < 1.29 is 17.6 Å². The molecule has 0 bridgehead atoms. The Bertz CT molecular complexity index is 888. The zero-order valence-corrected chi connectivity index (χ0v) is 16.0. The molecular weight excluding hydrogens is 371 g/mol. The third-order valence-electron chi connectivity index (χ3n) is 4.11. The number of carbonyl (C=O) groups excluding carboxylic acids is 1. The Hall–Kier alpha value is -2.65. The second-order valence-electron chi connectivity index (χ2n) is 6.13. The summed E-state index contributed by atoms with van der Waals surface area (Å²) in [6.07, 6.45) is 0. The number of anilines is 1. The summed E-state index contributed by atoms with van der Waals surface area (Å²) in [6.45, 7) is 1.07. The molecule has 2 aromatic carbocycles. The van der Waals surface area contributed by atoms with Crippen LogP contribution in [0, 0.1) is 5.82 Å². The Morgan fingerprint density at radius 2 is 1.70 bits per heavy atom. The summed E-state index contributed by atoms with van der Waals surface area (Å²) < 4.78 is 36.1. The van der Waals surface area contributed by atoms with E-state index in [9.17, 15) is 17.6 Å². The molecule has 2 amide bonds. The molecule has 0 heterocycles. The van der Waals surface area contributed by atoms with Crippen LogP contribution in [-0.4, -0.2) is 46.5 Å². The summed E-state index contributed by atoms with van der Waals surface area (Å²) in [7, 11) is -0.243. The lowest BCUT2D eigenvalue weighted by Gasteiger charge is -2.24. The maximum atomic E-state index is 13.6. The Kier molecular flexibility index (Phi) is 6.75. The standard InChI is InChI=1S/C18H23FN4O3S/c1-22(15-7-9-16(10-8-15)27(20,25)26)11-12-23(2)18(24)21-13-14-5-3-4-6-17(14)19/h3-10H,11-13H2,1-2H3,(H,21,24)(H2,20,25,26). The average Bonchev–Trinajstić information content (AvgIpc) is 2.64. The Morgan fingerprint density at radius 1 is 1.07 bits per heavy atom. The number of urea groups is 1. The van der Waals surface area contributed by atoms with Crippen molar-refractivity contribution in [2.75, 3.05) is 32.1 Å². The minimum absolute atomic E-state index is 0.0456. The summed E-state index contributed by atoms with van der Waals surface area (Å²) >= 11 is 0. The van der Waals surface area contributed by atoms with Gasteiger partial charge < -0.3 is 15.1 Å². The van der Waals surface area contributed by atoms with Gasteiger partial charge in [0, 0.05) is 45.0 Å². The fourth-order valence-electron chi connectivity index (χ4n) is 2.37. The predicted octanol–water partition coefficient (Wildman–Crippen LogP) is 1.75. The van der Waals surface area contributed by atoms with E-state index >= 15 is 0 Å². The van der Waals surface area contributed by atoms with E-state index < -0.39 is 10.0 Å². The molecule has 9 heteroatoms. The van der Waals surface area contributed by atoms with Crippen LogP contribution in [0.5, 0.6) is 0 Å². The number of nitrogens with zero attached hydrogens (tertiary/aromatic N) is 2. The van der Waals surface area contributed by atoms with Gasteiger partial charge in [-0.25, -0.2) is 22.7 Å². The summed E-state index contributed by atoms with van der Waals surface area (Å²) in [5.41, 5.74) is 1.22. The summed E-state index contributed by atoms with van der Waals surface area (Å²) in [5, 5.41) is 7.75. The lowest BCUT2D eigenvalue weighted by Crippen LogP contribution is -2.40. The van der Waals surface area contributed by atoms with E-state index in [4.69, 9.17) is 5.14 Å². The van der Waals surface area contributed by atoms with Crippen LogP contribution >= 0.6 is 0 Å². The van der Waals surface area contributed by atoms with E-state index in [1.54, 1.807) is 37.4 Å². The third kappa shape index (κ3) is 5.93. The normalized spacial score (nSPS) is 11.1. The van der Waals surface area contributed by atoms with E-state index in [0.717, 1.165) is 5.69 Å². The number of sulfonamides is 1. The van der Waals surface area contributed by atoms with Gasteiger partial charge in [-0.3, -0.25) is 0 Å². The first-order chi connectivity index (χ1) is 12.7. The van der Waals surface area contributed by atoms with Crippen LogP contribution in [0.2, 0.25) is 0 Å². The third-order valence-corrected chi connectivity index (χ3v) is 5.04. The molecule has 146 valence electrons. The van der Waals surface area contributed by atoms with E-state index in [0.29, 0.717) is 18.7 Å². The molecule has 0 aliphatic rings. The van der Waals surface area contributed by atoms with Crippen molar-refractivity contribution >= 4 is 21.7 Å². The molecule has 0 saturated carbocycles. The molecule has 0 spiro atoms. The molecule has 0 aromatic heterocycles. The molecule has 0 saturated heterocycles. The summed E-state index contributed by atoms with van der Waals surface area (Å²) in [4.78, 5) is 15.5. The Labute approximate surface area is 158 Å². The van der Waals surface area contributed by atoms with Crippen LogP contribution in [0.4, 0.5) is 14.9 Å². The highest BCUT2D eigenvalue weighted by Gasteiger charge is 2.12. The molecule has 3 N–H and O–H groups in total. The van der Waals surface area contributed by atoms with Crippen LogP contribution < -0.4 is 15.4 Å². The minimum atomic E-state index is -3.72. The zero-order valence-electron chi connectivity index (χ0n) is 15.2. The van der Waals surface area contributed by atoms with Crippen LogP contribution in [0.15, 0.2) is 53.4 Å². The van der Waals surface area contributed by atoms with E-state index in [1.807, 2.05) is 11.9 Å². The molecule has 0 aliphatic heterocycles. The van der Waals surface area contributed by atoms with Gasteiger partial charge in [-0.05, 0) is 30.3 Å². The molecule has 2 aromatic rings. The first kappa shape index (κ1) is 20.7. The maximum Gasteiger partial charge on any atom is 0.317 e. The van der Waals surface area contributed by atoms with Crippen LogP contribution in [0.3, 0.4) is 0 Å². The van der Waals surface area contributed by atoms with Gasteiger partial charge in [-0.2, -0.15) is 0 Å². The molecule has 0 unspecified atom stereocenters. The largest absolute Gasteiger partial charge is 0.373 e. The first-order valence-electron chi connectivity index (χ1n) is 8.25. The number of nitrogens with one attached hydrogen (secondary N) is 1. The van der Waals surface area contributed by atoms with Crippen molar-refractivity contribution in [1.29, 1.82) is 0 Å². The number of hydrogen-bond donors (Lipinski definition) is 2. The predicted molar refractivity (Wildman–Crippen MR) is 102 cm³/mol. The lowest BCUT2D eigenvalue weighted by molar-refractivity contribution is 0.209. The molecule has 27 heavy (non-hydrogen) atoms. The average molecular weight is 394 g/mol. The van der Waals surface area contributed by atoms with Gasteiger partial charge in [0.2, 0.25) is 10.0 Å². The van der Waals surface area contributed by atoms with Crippen molar-refractivity contribution in [3.63, 3.8) is 0 Å². The lowest BCUT2D eigenvalue weighted by atomic mass is 10.2. The van der Waals surface area contributed by atoms with Gasteiger partial charge in [-0.1, -0.05) is 18.2 Å². The number of primary sulfonamides is 1. The van der Waals surface area contributed by atoms with Crippen molar-refractivity contribution in [3.05, 3.63) is 59.9 Å². The highest BCUT2D eigenvalue weighted by Crippen LogP contribution is 2.16. The number of nitrogens with two attached hydrogens (primary N) is 1. The maximum absolute atomic E-state index is 13.6. The van der Waals surface area contributed by atoms with Gasteiger partial charge in [0.15, 0.2) is 0 Å². The number of benzene rings is 2. The molecule has 7 nitrogen and oxygen atoms in total. The van der Waals surface area contributed by atoms with E-state index in [1.165, 1.54) is 23.1 Å². The highest BCUT2D eigenvalue weighted by atomic mass is 32.2. The van der Waals surface area contributed by atoms with E-state index in [2.05, 4.69) is 5.32 Å². The van der Waals surface area contributed by atoms with Crippen molar-refractivity contribution in [2.45, 2.75) is 11.4 Å². The van der Waals surface area contributed by atoms with Gasteiger partial charge in [-0.15, -0.1) is 0 Å². The number of hydrogen-bond acceptors (Lipinski definition) is 4. The number of likely N-dealkylation sites (N-methyl/N-ethyl adjacent to an activating group) is 2. The van der Waals surface area contributed by atoms with Gasteiger partial charge in [0.25, 0.3) is 0 Å². The molecule has 0 atom stereocenters. The zero-order chi connectivity index (χ0) is 20.0. The number of rotatable bonds is 7. The minimum Gasteiger partial charge on any atom is -0.373 e. The highest BCUT2D eigenvalue weighted by molar-refractivity contribution is 7.89. The second kappa shape index (κ2) is 8.83. The number of halogens is 1. The number of carbonyl (C=O) groups is 1. The molecule has 0 fully saturated rings. The van der Waals surface area contributed by atoms with E-state index in [-0.39, 0.29) is 23.3 Å². The SMILES string of the molecule is CN(CCN(C)c1ccc(S(N)(=O)=O)cc1)C(=O)NCc1ccccc1F. The molecular formula is C18H23FN4O3S. The van der Waals surface area contributed by atoms with Crippen molar-refractivity contribution in [3.8, 4) is 0 Å².